The first-order chi connectivity index (χ1) is 8.45. The number of benzene rings is 1. The Hall–Kier alpha value is -1.69. The summed E-state index contributed by atoms with van der Waals surface area (Å²) in [4.78, 5) is 21.4. The van der Waals surface area contributed by atoms with Crippen LogP contribution in [0.2, 0.25) is 0 Å². The molecule has 7 heteroatoms. The van der Waals surface area contributed by atoms with E-state index < -0.39 is 22.1 Å². The second-order valence-corrected chi connectivity index (χ2v) is 3.98. The number of halogens is 2. The molecule has 0 aliphatic heterocycles. The quantitative estimate of drug-likeness (QED) is 0.358. The average Bonchev–Trinajstić information content (AvgIpc) is 2.28. The molecule has 1 aromatic rings. The smallest absolute Gasteiger partial charge is 0.324 e. The summed E-state index contributed by atoms with van der Waals surface area (Å²) in [5.74, 6) is -1.30. The third kappa shape index (κ3) is 3.66. The minimum absolute atomic E-state index is 0.0630. The maximum Gasteiger partial charge on any atom is 0.324 e. The molecule has 0 N–H and O–H groups in total. The molecule has 0 spiro atoms. The minimum Gasteiger partial charge on any atom is -0.465 e. The van der Waals surface area contributed by atoms with Crippen molar-refractivity contribution in [3.63, 3.8) is 0 Å². The molecule has 0 heterocycles. The average molecular weight is 276 g/mol. The molecule has 0 radical (unpaired) electrons. The molecule has 0 bridgehead atoms. The number of nitrogens with zero attached hydrogens (tertiary/aromatic N) is 1. The Balaban J connectivity index is 2.92. The monoisotopic (exact) mass is 275 g/mol. The van der Waals surface area contributed by atoms with Crippen LogP contribution in [-0.2, 0) is 16.0 Å². The summed E-state index contributed by atoms with van der Waals surface area (Å²) in [5, 5.41) is 9.66. The maximum absolute atomic E-state index is 13.0. The van der Waals surface area contributed by atoms with Crippen molar-refractivity contribution in [3.8, 4) is 0 Å². The number of nitro groups is 1. The number of esters is 1. The van der Waals surface area contributed by atoms with Crippen molar-refractivity contribution in [1.82, 2.24) is 0 Å². The van der Waals surface area contributed by atoms with Crippen molar-refractivity contribution >= 4 is 23.3 Å². The molecule has 0 amide bonds. The van der Waals surface area contributed by atoms with E-state index in [2.05, 4.69) is 4.74 Å². The number of hydrogen-bond acceptors (Lipinski definition) is 4. The second-order valence-electron chi connectivity index (χ2n) is 3.45. The first kappa shape index (κ1) is 14.4. The SMILES string of the molecule is CCOC(=O)C(Cl)Cc1cc(F)ccc1[N+](=O)[O-]. The van der Waals surface area contributed by atoms with Crippen LogP contribution in [0.15, 0.2) is 18.2 Å². The molecule has 0 fully saturated rings. The molecule has 0 aromatic heterocycles. The molecule has 98 valence electrons. The number of carbonyl (C=O) groups excluding carboxylic acids is 1. The summed E-state index contributed by atoms with van der Waals surface area (Å²) < 4.78 is 17.7. The number of rotatable bonds is 5. The van der Waals surface area contributed by atoms with Crippen LogP contribution >= 0.6 is 11.6 Å². The molecule has 18 heavy (non-hydrogen) atoms. The van der Waals surface area contributed by atoms with E-state index >= 15 is 0 Å². The van der Waals surface area contributed by atoms with Gasteiger partial charge in [0.2, 0.25) is 0 Å². The zero-order valence-corrected chi connectivity index (χ0v) is 10.3. The van der Waals surface area contributed by atoms with Gasteiger partial charge in [-0.2, -0.15) is 0 Å². The van der Waals surface area contributed by atoms with Gasteiger partial charge < -0.3 is 4.74 Å². The van der Waals surface area contributed by atoms with E-state index in [-0.39, 0.29) is 24.3 Å². The first-order valence-electron chi connectivity index (χ1n) is 5.19. The van der Waals surface area contributed by atoms with Gasteiger partial charge in [-0.3, -0.25) is 14.9 Å². The maximum atomic E-state index is 13.0. The lowest BCUT2D eigenvalue weighted by Crippen LogP contribution is -2.20. The van der Waals surface area contributed by atoms with Crippen molar-refractivity contribution in [2.75, 3.05) is 6.61 Å². The molecular weight excluding hydrogens is 265 g/mol. The van der Waals surface area contributed by atoms with Gasteiger partial charge in [0.15, 0.2) is 0 Å². The predicted octanol–water partition coefficient (Wildman–Crippen LogP) is 2.45. The van der Waals surface area contributed by atoms with E-state index in [9.17, 15) is 19.3 Å². The Morgan fingerprint density at radius 3 is 2.83 bits per heavy atom. The zero-order valence-electron chi connectivity index (χ0n) is 9.56. The molecule has 0 aliphatic rings. The number of alkyl halides is 1. The van der Waals surface area contributed by atoms with Crippen LogP contribution in [0.3, 0.4) is 0 Å². The molecule has 1 aromatic carbocycles. The van der Waals surface area contributed by atoms with Gasteiger partial charge >= 0.3 is 5.97 Å². The minimum atomic E-state index is -1.08. The molecule has 1 rings (SSSR count). The highest BCUT2D eigenvalue weighted by Gasteiger charge is 2.22. The molecular formula is C11H11ClFNO4. The van der Waals surface area contributed by atoms with Gasteiger partial charge in [0, 0.05) is 18.1 Å². The predicted molar refractivity (Wildman–Crippen MR) is 63.0 cm³/mol. The summed E-state index contributed by atoms with van der Waals surface area (Å²) in [7, 11) is 0. The molecule has 0 aliphatic carbocycles. The highest BCUT2D eigenvalue weighted by molar-refractivity contribution is 6.30. The Kier molecular flexibility index (Phi) is 5.03. The zero-order chi connectivity index (χ0) is 13.7. The van der Waals surface area contributed by atoms with Gasteiger partial charge in [-0.25, -0.2) is 4.39 Å². The van der Waals surface area contributed by atoms with Gasteiger partial charge in [-0.05, 0) is 19.1 Å². The van der Waals surface area contributed by atoms with E-state index in [0.29, 0.717) is 0 Å². The fourth-order valence-corrected chi connectivity index (χ4v) is 1.63. The topological polar surface area (TPSA) is 69.4 Å². The van der Waals surface area contributed by atoms with Crippen LogP contribution in [0.1, 0.15) is 12.5 Å². The van der Waals surface area contributed by atoms with E-state index in [1.807, 2.05) is 0 Å². The molecule has 0 saturated carbocycles. The molecule has 1 unspecified atom stereocenters. The van der Waals surface area contributed by atoms with Crippen LogP contribution in [0.25, 0.3) is 0 Å². The normalized spacial score (nSPS) is 11.9. The van der Waals surface area contributed by atoms with Gasteiger partial charge in [0.1, 0.15) is 11.2 Å². The molecule has 5 nitrogen and oxygen atoms in total. The largest absolute Gasteiger partial charge is 0.465 e. The number of hydrogen-bond donors (Lipinski definition) is 0. The summed E-state index contributed by atoms with van der Waals surface area (Å²) in [5.41, 5.74) is -0.209. The van der Waals surface area contributed by atoms with Gasteiger partial charge in [0.05, 0.1) is 11.5 Å². The third-order valence-electron chi connectivity index (χ3n) is 2.18. The fraction of sp³-hybridized carbons (Fsp3) is 0.364. The lowest BCUT2D eigenvalue weighted by atomic mass is 10.1. The van der Waals surface area contributed by atoms with E-state index in [0.717, 1.165) is 18.2 Å². The van der Waals surface area contributed by atoms with Crippen LogP contribution in [0.4, 0.5) is 10.1 Å². The van der Waals surface area contributed by atoms with Gasteiger partial charge in [-0.1, -0.05) is 0 Å². The number of ether oxygens (including phenoxy) is 1. The first-order valence-corrected chi connectivity index (χ1v) is 5.62. The van der Waals surface area contributed by atoms with Gasteiger partial charge in [0.25, 0.3) is 5.69 Å². The lowest BCUT2D eigenvalue weighted by molar-refractivity contribution is -0.385. The Bertz CT molecular complexity index is 466. The Morgan fingerprint density at radius 1 is 1.61 bits per heavy atom. The fourth-order valence-electron chi connectivity index (χ4n) is 1.40. The van der Waals surface area contributed by atoms with Crippen molar-refractivity contribution in [2.24, 2.45) is 0 Å². The van der Waals surface area contributed by atoms with Crippen LogP contribution in [0, 0.1) is 15.9 Å². The standard InChI is InChI=1S/C11H11ClFNO4/c1-2-18-11(15)9(12)6-7-5-8(13)3-4-10(7)14(16)17/h3-5,9H,2,6H2,1H3. The molecule has 1 atom stereocenters. The van der Waals surface area contributed by atoms with E-state index in [1.54, 1.807) is 6.92 Å². The summed E-state index contributed by atoms with van der Waals surface area (Å²) in [6.45, 7) is 1.78. The van der Waals surface area contributed by atoms with Crippen LogP contribution in [0.5, 0.6) is 0 Å². The number of nitro benzene ring substituents is 1. The third-order valence-corrected chi connectivity index (χ3v) is 2.51. The lowest BCUT2D eigenvalue weighted by Gasteiger charge is -2.09. The molecule has 0 saturated heterocycles. The Morgan fingerprint density at radius 2 is 2.28 bits per heavy atom. The van der Waals surface area contributed by atoms with Crippen molar-refractivity contribution in [1.29, 1.82) is 0 Å². The Labute approximate surface area is 108 Å². The summed E-state index contributed by atoms with van der Waals surface area (Å²) in [6, 6.07) is 3.02. The van der Waals surface area contributed by atoms with Crippen LogP contribution < -0.4 is 0 Å². The highest BCUT2D eigenvalue weighted by atomic mass is 35.5. The van der Waals surface area contributed by atoms with E-state index in [4.69, 9.17) is 11.6 Å². The second kappa shape index (κ2) is 6.30. The van der Waals surface area contributed by atoms with Gasteiger partial charge in [-0.15, -0.1) is 11.6 Å². The van der Waals surface area contributed by atoms with Crippen molar-refractivity contribution in [2.45, 2.75) is 18.7 Å². The van der Waals surface area contributed by atoms with Crippen molar-refractivity contribution < 1.29 is 18.8 Å². The highest BCUT2D eigenvalue weighted by Crippen LogP contribution is 2.22. The summed E-state index contributed by atoms with van der Waals surface area (Å²) >= 11 is 5.75. The number of carbonyl (C=O) groups is 1. The van der Waals surface area contributed by atoms with E-state index in [1.165, 1.54) is 0 Å². The van der Waals surface area contributed by atoms with Crippen molar-refractivity contribution in [3.05, 3.63) is 39.7 Å². The summed E-state index contributed by atoms with van der Waals surface area (Å²) in [6.07, 6.45) is -0.158. The van der Waals surface area contributed by atoms with Crippen LogP contribution in [-0.4, -0.2) is 22.9 Å².